The van der Waals surface area contributed by atoms with Crippen molar-refractivity contribution in [3.63, 3.8) is 0 Å². The van der Waals surface area contributed by atoms with Crippen LogP contribution in [0.4, 0.5) is 0 Å². The molecule has 0 saturated carbocycles. The summed E-state index contributed by atoms with van der Waals surface area (Å²) < 4.78 is 0. The third-order valence-corrected chi connectivity index (χ3v) is 3.36. The highest BCUT2D eigenvalue weighted by molar-refractivity contribution is 6.30. The maximum atomic E-state index is 9.50. The van der Waals surface area contributed by atoms with Crippen LogP contribution in [-0.2, 0) is 6.61 Å². The third-order valence-electron chi connectivity index (χ3n) is 3.11. The smallest absolute Gasteiger partial charge is 0.0713 e. The second-order valence-corrected chi connectivity index (χ2v) is 4.79. The second-order valence-electron chi connectivity index (χ2n) is 4.35. The van der Waals surface area contributed by atoms with Crippen LogP contribution in [0.5, 0.6) is 0 Å². The van der Waals surface area contributed by atoms with E-state index in [9.17, 15) is 5.11 Å². The van der Waals surface area contributed by atoms with Gasteiger partial charge in [0.2, 0.25) is 0 Å². The molecular formula is C16H12ClNO. The monoisotopic (exact) mass is 269 g/mol. The highest BCUT2D eigenvalue weighted by atomic mass is 35.5. The van der Waals surface area contributed by atoms with Crippen LogP contribution in [0.3, 0.4) is 0 Å². The number of aliphatic hydroxyl groups is 1. The van der Waals surface area contributed by atoms with Gasteiger partial charge in [0.25, 0.3) is 0 Å². The Hall–Kier alpha value is -1.90. The Kier molecular flexibility index (Phi) is 3.20. The number of aliphatic hydroxyl groups excluding tert-OH is 1. The number of para-hydroxylation sites is 1. The maximum absolute atomic E-state index is 9.50. The molecule has 0 radical (unpaired) electrons. The van der Waals surface area contributed by atoms with E-state index in [2.05, 4.69) is 4.98 Å². The number of fused-ring (bicyclic) bond motifs is 1. The van der Waals surface area contributed by atoms with E-state index in [1.807, 2.05) is 54.6 Å². The zero-order chi connectivity index (χ0) is 13.2. The normalized spacial score (nSPS) is 10.8. The topological polar surface area (TPSA) is 33.1 Å². The minimum Gasteiger partial charge on any atom is -0.392 e. The third kappa shape index (κ3) is 2.33. The summed E-state index contributed by atoms with van der Waals surface area (Å²) >= 11 is 5.89. The van der Waals surface area contributed by atoms with E-state index in [1.165, 1.54) is 0 Å². The number of hydrogen-bond acceptors (Lipinski definition) is 2. The van der Waals surface area contributed by atoms with E-state index in [4.69, 9.17) is 11.6 Å². The molecule has 3 rings (SSSR count). The molecule has 0 unspecified atom stereocenters. The Morgan fingerprint density at radius 1 is 1.00 bits per heavy atom. The molecule has 0 aliphatic rings. The van der Waals surface area contributed by atoms with Gasteiger partial charge >= 0.3 is 0 Å². The molecule has 0 fully saturated rings. The van der Waals surface area contributed by atoms with E-state index >= 15 is 0 Å². The van der Waals surface area contributed by atoms with Crippen molar-refractivity contribution >= 4 is 22.5 Å². The van der Waals surface area contributed by atoms with Crippen LogP contribution in [0, 0.1) is 0 Å². The van der Waals surface area contributed by atoms with Crippen molar-refractivity contribution in [2.24, 2.45) is 0 Å². The van der Waals surface area contributed by atoms with Gasteiger partial charge in [-0.3, -0.25) is 0 Å². The second kappa shape index (κ2) is 5.00. The predicted molar refractivity (Wildman–Crippen MR) is 78.1 cm³/mol. The first-order valence-corrected chi connectivity index (χ1v) is 6.41. The molecule has 0 aliphatic heterocycles. The number of hydrogen-bond donors (Lipinski definition) is 1. The van der Waals surface area contributed by atoms with Crippen molar-refractivity contribution in [2.75, 3.05) is 0 Å². The Bertz CT molecular complexity index is 722. The molecule has 3 heteroatoms. The quantitative estimate of drug-likeness (QED) is 0.761. The van der Waals surface area contributed by atoms with Crippen molar-refractivity contribution in [2.45, 2.75) is 6.61 Å². The molecule has 1 heterocycles. The van der Waals surface area contributed by atoms with Crippen molar-refractivity contribution in [3.8, 4) is 11.3 Å². The average molecular weight is 270 g/mol. The molecule has 3 aromatic rings. The van der Waals surface area contributed by atoms with Crippen molar-refractivity contribution in [1.82, 2.24) is 4.98 Å². The van der Waals surface area contributed by atoms with Gasteiger partial charge in [-0.15, -0.1) is 0 Å². The molecule has 1 N–H and O–H groups in total. The van der Waals surface area contributed by atoms with Crippen LogP contribution < -0.4 is 0 Å². The Labute approximate surface area is 116 Å². The van der Waals surface area contributed by atoms with Gasteiger partial charge in [-0.2, -0.15) is 0 Å². The number of benzene rings is 2. The van der Waals surface area contributed by atoms with E-state index < -0.39 is 0 Å². The minimum absolute atomic E-state index is 0.00359. The summed E-state index contributed by atoms with van der Waals surface area (Å²) in [7, 11) is 0. The summed E-state index contributed by atoms with van der Waals surface area (Å²) in [6.45, 7) is 0.00359. The van der Waals surface area contributed by atoms with Crippen LogP contribution in [0.25, 0.3) is 22.2 Å². The van der Waals surface area contributed by atoms with Crippen LogP contribution >= 0.6 is 11.6 Å². The summed E-state index contributed by atoms with van der Waals surface area (Å²) in [5, 5.41) is 11.2. The van der Waals surface area contributed by atoms with E-state index in [-0.39, 0.29) is 6.61 Å². The van der Waals surface area contributed by atoms with E-state index in [1.54, 1.807) is 0 Å². The minimum atomic E-state index is 0.00359. The molecule has 0 amide bonds. The summed E-state index contributed by atoms with van der Waals surface area (Å²) in [5.41, 5.74) is 3.61. The predicted octanol–water partition coefficient (Wildman–Crippen LogP) is 4.05. The van der Waals surface area contributed by atoms with Gasteiger partial charge in [-0.25, -0.2) is 4.98 Å². The first-order valence-electron chi connectivity index (χ1n) is 6.03. The fraction of sp³-hybridized carbons (Fsp3) is 0.0625. The van der Waals surface area contributed by atoms with Crippen LogP contribution in [-0.4, -0.2) is 10.1 Å². The van der Waals surface area contributed by atoms with Gasteiger partial charge in [0.15, 0.2) is 0 Å². The molecule has 0 bridgehead atoms. The molecule has 0 atom stereocenters. The van der Waals surface area contributed by atoms with E-state index in [0.29, 0.717) is 5.02 Å². The summed E-state index contributed by atoms with van der Waals surface area (Å²) in [4.78, 5) is 4.63. The Morgan fingerprint density at radius 2 is 1.74 bits per heavy atom. The molecule has 2 aromatic carbocycles. The molecule has 2 nitrogen and oxygen atoms in total. The van der Waals surface area contributed by atoms with Crippen molar-refractivity contribution in [1.29, 1.82) is 0 Å². The first-order chi connectivity index (χ1) is 9.28. The lowest BCUT2D eigenvalue weighted by molar-refractivity contribution is 0.283. The molecule has 0 spiro atoms. The van der Waals surface area contributed by atoms with Gasteiger partial charge in [0.05, 0.1) is 17.8 Å². The molecule has 1 aromatic heterocycles. The standard InChI is InChI=1S/C16H12ClNO/c17-13-7-5-11(6-8-13)16-9-12(10-19)14-3-1-2-4-15(14)18-16/h1-9,19H,10H2. The van der Waals surface area contributed by atoms with Gasteiger partial charge in [0, 0.05) is 16.0 Å². The number of aromatic nitrogens is 1. The molecule has 0 saturated heterocycles. The Morgan fingerprint density at radius 3 is 2.47 bits per heavy atom. The molecule has 94 valence electrons. The highest BCUT2D eigenvalue weighted by Gasteiger charge is 2.06. The van der Waals surface area contributed by atoms with Gasteiger partial charge in [0.1, 0.15) is 0 Å². The van der Waals surface area contributed by atoms with Gasteiger partial charge in [-0.1, -0.05) is 41.9 Å². The zero-order valence-electron chi connectivity index (χ0n) is 10.2. The van der Waals surface area contributed by atoms with Gasteiger partial charge in [-0.05, 0) is 29.8 Å². The van der Waals surface area contributed by atoms with Gasteiger partial charge < -0.3 is 5.11 Å². The van der Waals surface area contributed by atoms with Crippen LogP contribution in [0.1, 0.15) is 5.56 Å². The molecule has 19 heavy (non-hydrogen) atoms. The number of halogens is 1. The SMILES string of the molecule is OCc1cc(-c2ccc(Cl)cc2)nc2ccccc12. The average Bonchev–Trinajstić information content (AvgIpc) is 2.47. The summed E-state index contributed by atoms with van der Waals surface area (Å²) in [5.74, 6) is 0. The number of pyridine rings is 1. The van der Waals surface area contributed by atoms with Crippen molar-refractivity contribution in [3.05, 3.63) is 65.2 Å². The first kappa shape index (κ1) is 12.2. The number of nitrogens with zero attached hydrogens (tertiary/aromatic N) is 1. The fourth-order valence-electron chi connectivity index (χ4n) is 2.15. The zero-order valence-corrected chi connectivity index (χ0v) is 10.9. The largest absolute Gasteiger partial charge is 0.392 e. The summed E-state index contributed by atoms with van der Waals surface area (Å²) in [6.07, 6.45) is 0. The Balaban J connectivity index is 2.22. The molecule has 0 aliphatic carbocycles. The highest BCUT2D eigenvalue weighted by Crippen LogP contribution is 2.25. The molecular weight excluding hydrogens is 258 g/mol. The van der Waals surface area contributed by atoms with E-state index in [0.717, 1.165) is 27.7 Å². The maximum Gasteiger partial charge on any atom is 0.0713 e. The number of rotatable bonds is 2. The van der Waals surface area contributed by atoms with Crippen LogP contribution in [0.2, 0.25) is 5.02 Å². The lowest BCUT2D eigenvalue weighted by atomic mass is 10.0. The lowest BCUT2D eigenvalue weighted by Crippen LogP contribution is -1.92. The van der Waals surface area contributed by atoms with Crippen LogP contribution in [0.15, 0.2) is 54.6 Å². The lowest BCUT2D eigenvalue weighted by Gasteiger charge is -2.08. The fourth-order valence-corrected chi connectivity index (χ4v) is 2.27. The van der Waals surface area contributed by atoms with Crippen molar-refractivity contribution < 1.29 is 5.11 Å². The summed E-state index contributed by atoms with van der Waals surface area (Å²) in [6, 6.07) is 17.3.